The van der Waals surface area contributed by atoms with Gasteiger partial charge in [-0.2, -0.15) is 4.31 Å². The number of imide groups is 1. The van der Waals surface area contributed by atoms with Gasteiger partial charge in [0.2, 0.25) is 15.9 Å². The van der Waals surface area contributed by atoms with Crippen molar-refractivity contribution >= 4 is 33.6 Å². The molecule has 1 aromatic carbocycles. The Morgan fingerprint density at radius 1 is 1.26 bits per heavy atom. The SMILES string of the molecule is CCN(CC)S(=O)(=O)c1cccc(NC(=O)CN2C(=O)N[C@]3(CCCC[C@H]3C)C2=O)c1. The highest BCUT2D eigenvalue weighted by Crippen LogP contribution is 2.38. The Balaban J connectivity index is 1.72. The lowest BCUT2D eigenvalue weighted by molar-refractivity contribution is -0.136. The number of amides is 4. The van der Waals surface area contributed by atoms with E-state index in [1.807, 2.05) is 6.92 Å². The fourth-order valence-electron chi connectivity index (χ4n) is 4.43. The number of hydrogen-bond acceptors (Lipinski definition) is 5. The molecule has 0 bridgehead atoms. The van der Waals surface area contributed by atoms with Crippen LogP contribution in [0, 0.1) is 5.92 Å². The van der Waals surface area contributed by atoms with Gasteiger partial charge in [-0.15, -0.1) is 0 Å². The molecule has 4 amide bonds. The maximum atomic E-state index is 13.0. The molecular formula is C21H30N4O5S. The van der Waals surface area contributed by atoms with Crippen LogP contribution in [0.1, 0.15) is 46.5 Å². The zero-order chi connectivity index (χ0) is 22.8. The molecule has 2 fully saturated rings. The van der Waals surface area contributed by atoms with Gasteiger partial charge in [0.05, 0.1) is 4.90 Å². The van der Waals surface area contributed by atoms with E-state index in [0.29, 0.717) is 19.5 Å². The first-order chi connectivity index (χ1) is 14.7. The molecular weight excluding hydrogens is 420 g/mol. The summed E-state index contributed by atoms with van der Waals surface area (Å²) in [6.07, 6.45) is 3.28. The zero-order valence-corrected chi connectivity index (χ0v) is 19.0. The van der Waals surface area contributed by atoms with Crippen LogP contribution in [-0.4, -0.2) is 60.6 Å². The summed E-state index contributed by atoms with van der Waals surface area (Å²) in [4.78, 5) is 39.0. The van der Waals surface area contributed by atoms with Gasteiger partial charge in [0.25, 0.3) is 5.91 Å². The molecule has 0 radical (unpaired) electrons. The Labute approximate surface area is 183 Å². The average molecular weight is 451 g/mol. The largest absolute Gasteiger partial charge is 0.325 e. The lowest BCUT2D eigenvalue weighted by Gasteiger charge is -2.36. The summed E-state index contributed by atoms with van der Waals surface area (Å²) in [6.45, 7) is 5.70. The van der Waals surface area contributed by atoms with Crippen LogP contribution in [0.2, 0.25) is 0 Å². The van der Waals surface area contributed by atoms with Gasteiger partial charge in [-0.3, -0.25) is 14.5 Å². The minimum atomic E-state index is -3.67. The fourth-order valence-corrected chi connectivity index (χ4v) is 5.93. The van der Waals surface area contributed by atoms with Crippen LogP contribution in [0.3, 0.4) is 0 Å². The number of carbonyl (C=O) groups is 3. The van der Waals surface area contributed by atoms with Crippen LogP contribution in [0.4, 0.5) is 10.5 Å². The first-order valence-electron chi connectivity index (χ1n) is 10.7. The first-order valence-corrected chi connectivity index (χ1v) is 12.1. The number of rotatable bonds is 7. The molecule has 1 aliphatic carbocycles. The highest BCUT2D eigenvalue weighted by atomic mass is 32.2. The molecule has 1 aromatic rings. The Hall–Kier alpha value is -2.46. The van der Waals surface area contributed by atoms with Crippen molar-refractivity contribution in [3.63, 3.8) is 0 Å². The van der Waals surface area contributed by atoms with Crippen LogP contribution in [0.15, 0.2) is 29.2 Å². The summed E-state index contributed by atoms with van der Waals surface area (Å²) in [5, 5.41) is 5.42. The molecule has 1 aliphatic heterocycles. The maximum absolute atomic E-state index is 13.0. The van der Waals surface area contributed by atoms with E-state index in [4.69, 9.17) is 0 Å². The highest BCUT2D eigenvalue weighted by molar-refractivity contribution is 7.89. The molecule has 0 aromatic heterocycles. The quantitative estimate of drug-likeness (QED) is 0.618. The second kappa shape index (κ2) is 8.96. The van der Waals surface area contributed by atoms with E-state index in [-0.39, 0.29) is 22.4 Å². The number of benzene rings is 1. The monoisotopic (exact) mass is 450 g/mol. The first kappa shape index (κ1) is 23.2. The van der Waals surface area contributed by atoms with Crippen molar-refractivity contribution in [1.29, 1.82) is 0 Å². The van der Waals surface area contributed by atoms with Crippen molar-refractivity contribution in [2.24, 2.45) is 5.92 Å². The lowest BCUT2D eigenvalue weighted by atomic mass is 9.73. The van der Waals surface area contributed by atoms with Crippen LogP contribution >= 0.6 is 0 Å². The topological polar surface area (TPSA) is 116 Å². The van der Waals surface area contributed by atoms with Gasteiger partial charge in [0.15, 0.2) is 0 Å². The molecule has 1 spiro atoms. The minimum absolute atomic E-state index is 0.00715. The summed E-state index contributed by atoms with van der Waals surface area (Å²) in [5.41, 5.74) is -0.640. The Morgan fingerprint density at radius 3 is 2.61 bits per heavy atom. The van der Waals surface area contributed by atoms with Gasteiger partial charge in [0, 0.05) is 18.8 Å². The Morgan fingerprint density at radius 2 is 1.97 bits per heavy atom. The van der Waals surface area contributed by atoms with E-state index in [9.17, 15) is 22.8 Å². The molecule has 3 rings (SSSR count). The van der Waals surface area contributed by atoms with Crippen molar-refractivity contribution in [1.82, 2.24) is 14.5 Å². The predicted molar refractivity (Wildman–Crippen MR) is 116 cm³/mol. The van der Waals surface area contributed by atoms with Gasteiger partial charge in [0.1, 0.15) is 12.1 Å². The van der Waals surface area contributed by atoms with Gasteiger partial charge in [-0.05, 0) is 37.0 Å². The van der Waals surface area contributed by atoms with E-state index in [2.05, 4.69) is 10.6 Å². The fraction of sp³-hybridized carbons (Fsp3) is 0.571. The van der Waals surface area contributed by atoms with Crippen molar-refractivity contribution in [3.05, 3.63) is 24.3 Å². The summed E-state index contributed by atoms with van der Waals surface area (Å²) in [6, 6.07) is 5.39. The highest BCUT2D eigenvalue weighted by Gasteiger charge is 2.55. The summed E-state index contributed by atoms with van der Waals surface area (Å²) >= 11 is 0. The maximum Gasteiger partial charge on any atom is 0.325 e. The number of carbonyl (C=O) groups excluding carboxylic acids is 3. The average Bonchev–Trinajstić information content (AvgIpc) is 2.96. The third kappa shape index (κ3) is 4.31. The van der Waals surface area contributed by atoms with Crippen molar-refractivity contribution < 1.29 is 22.8 Å². The normalized spacial score (nSPS) is 24.0. The zero-order valence-electron chi connectivity index (χ0n) is 18.2. The second-order valence-electron chi connectivity index (χ2n) is 8.10. The summed E-state index contributed by atoms with van der Waals surface area (Å²) in [5.74, 6) is -0.924. The number of hydrogen-bond donors (Lipinski definition) is 2. The van der Waals surface area contributed by atoms with E-state index in [1.54, 1.807) is 26.0 Å². The van der Waals surface area contributed by atoms with E-state index in [0.717, 1.165) is 24.2 Å². The van der Waals surface area contributed by atoms with Crippen molar-refractivity contribution in [3.8, 4) is 0 Å². The van der Waals surface area contributed by atoms with E-state index >= 15 is 0 Å². The van der Waals surface area contributed by atoms with Crippen LogP contribution in [-0.2, 0) is 19.6 Å². The van der Waals surface area contributed by atoms with Crippen molar-refractivity contribution in [2.75, 3.05) is 25.0 Å². The standard InChI is InChI=1S/C21H30N4O5S/c1-4-24(5-2)31(29,30)17-11-8-10-16(13-17)22-18(26)14-25-19(27)21(23-20(25)28)12-7-6-9-15(21)3/h8,10-11,13,15H,4-7,9,12,14H2,1-3H3,(H,22,26)(H,23,28)/t15-,21+/m1/s1. The third-order valence-corrected chi connectivity index (χ3v) is 8.31. The van der Waals surface area contributed by atoms with Crippen LogP contribution in [0.5, 0.6) is 0 Å². The number of nitrogens with one attached hydrogen (secondary N) is 2. The molecule has 9 nitrogen and oxygen atoms in total. The predicted octanol–water partition coefficient (Wildman–Crippen LogP) is 2.16. The molecule has 1 saturated carbocycles. The number of anilines is 1. The second-order valence-corrected chi connectivity index (χ2v) is 10.0. The van der Waals surface area contributed by atoms with Crippen molar-refractivity contribution in [2.45, 2.75) is 56.9 Å². The van der Waals surface area contributed by atoms with E-state index in [1.165, 1.54) is 16.4 Å². The minimum Gasteiger partial charge on any atom is -0.324 e. The molecule has 1 heterocycles. The molecule has 0 unspecified atom stereocenters. The van der Waals surface area contributed by atoms with Crippen LogP contribution < -0.4 is 10.6 Å². The molecule has 2 N–H and O–H groups in total. The lowest BCUT2D eigenvalue weighted by Crippen LogP contribution is -2.54. The van der Waals surface area contributed by atoms with Gasteiger partial charge in [-0.25, -0.2) is 13.2 Å². The van der Waals surface area contributed by atoms with Gasteiger partial charge < -0.3 is 10.6 Å². The molecule has 1 saturated heterocycles. The smallest absolute Gasteiger partial charge is 0.324 e. The summed E-state index contributed by atoms with van der Waals surface area (Å²) < 4.78 is 26.7. The Bertz CT molecular complexity index is 976. The van der Waals surface area contributed by atoms with Gasteiger partial charge in [-0.1, -0.05) is 39.7 Å². The molecule has 2 atom stereocenters. The van der Waals surface area contributed by atoms with Crippen LogP contribution in [0.25, 0.3) is 0 Å². The number of sulfonamides is 1. The summed E-state index contributed by atoms with van der Waals surface area (Å²) in [7, 11) is -3.67. The molecule has 31 heavy (non-hydrogen) atoms. The Kier molecular flexibility index (Phi) is 6.70. The molecule has 170 valence electrons. The number of urea groups is 1. The number of nitrogens with zero attached hydrogens (tertiary/aromatic N) is 2. The third-order valence-electron chi connectivity index (χ3n) is 6.26. The van der Waals surface area contributed by atoms with E-state index < -0.39 is 34.0 Å². The molecule has 10 heteroatoms. The van der Waals surface area contributed by atoms with Gasteiger partial charge >= 0.3 is 6.03 Å². The molecule has 2 aliphatic rings.